The van der Waals surface area contributed by atoms with E-state index in [0.29, 0.717) is 5.56 Å². The molecule has 1 heterocycles. The van der Waals surface area contributed by atoms with E-state index >= 15 is 0 Å². The van der Waals surface area contributed by atoms with E-state index < -0.39 is 47.1 Å². The van der Waals surface area contributed by atoms with Crippen LogP contribution in [0.4, 0.5) is 0 Å². The van der Waals surface area contributed by atoms with Crippen LogP contribution in [0.15, 0.2) is 30.3 Å². The second-order valence-electron chi connectivity index (χ2n) is 6.23. The van der Waals surface area contributed by atoms with Gasteiger partial charge in [0.1, 0.15) is 17.7 Å². The van der Waals surface area contributed by atoms with E-state index in [1.807, 2.05) is 0 Å². The fourth-order valence-corrected chi connectivity index (χ4v) is 3.51. The van der Waals surface area contributed by atoms with Crippen LogP contribution in [0.5, 0.6) is 0 Å². The first kappa shape index (κ1) is 21.1. The first-order valence-corrected chi connectivity index (χ1v) is 8.39. The van der Waals surface area contributed by atoms with E-state index in [0.717, 1.165) is 33.2 Å². The van der Waals surface area contributed by atoms with Gasteiger partial charge in [0, 0.05) is 6.42 Å². The monoisotopic (exact) mass is 391 g/mol. The molecule has 1 aromatic rings. The third-order valence-electron chi connectivity index (χ3n) is 4.74. The number of hydrogen-bond donors (Lipinski definition) is 0. The molecule has 0 spiro atoms. The number of carbonyl (C=O) groups excluding carboxylic acids is 5. The van der Waals surface area contributed by atoms with E-state index in [1.165, 1.54) is 0 Å². The van der Waals surface area contributed by atoms with Crippen LogP contribution in [0.1, 0.15) is 12.5 Å². The first-order chi connectivity index (χ1) is 13.3. The first-order valence-electron chi connectivity index (χ1n) is 8.39. The lowest BCUT2D eigenvalue weighted by atomic mass is 9.69. The summed E-state index contributed by atoms with van der Waals surface area (Å²) in [5.74, 6) is -6.40. The van der Waals surface area contributed by atoms with Crippen LogP contribution in [0.3, 0.4) is 0 Å². The topological polar surface area (TPSA) is 116 Å². The maximum absolute atomic E-state index is 12.8. The van der Waals surface area contributed by atoms with Gasteiger partial charge in [-0.15, -0.1) is 0 Å². The zero-order valence-electron chi connectivity index (χ0n) is 16.0. The second kappa shape index (κ2) is 8.20. The van der Waals surface area contributed by atoms with E-state index in [9.17, 15) is 24.0 Å². The molecule has 1 saturated heterocycles. The van der Waals surface area contributed by atoms with Crippen molar-refractivity contribution in [2.75, 3.05) is 21.3 Å². The largest absolute Gasteiger partial charge is 0.467 e. The number of benzene rings is 1. The molecule has 2 atom stereocenters. The number of amides is 1. The van der Waals surface area contributed by atoms with Crippen LogP contribution in [-0.4, -0.2) is 67.4 Å². The summed E-state index contributed by atoms with van der Waals surface area (Å²) in [6, 6.07) is 7.31. The van der Waals surface area contributed by atoms with Gasteiger partial charge in [-0.05, 0) is 12.5 Å². The van der Waals surface area contributed by atoms with Crippen LogP contribution >= 0.6 is 0 Å². The summed E-state index contributed by atoms with van der Waals surface area (Å²) in [6.45, 7) is 1.07. The molecular weight excluding hydrogens is 370 g/mol. The molecule has 1 amide bonds. The highest BCUT2D eigenvalue weighted by Crippen LogP contribution is 2.43. The van der Waals surface area contributed by atoms with Crippen LogP contribution in [0.2, 0.25) is 0 Å². The maximum atomic E-state index is 12.8. The van der Waals surface area contributed by atoms with Crippen molar-refractivity contribution in [2.24, 2.45) is 5.92 Å². The third kappa shape index (κ3) is 3.12. The number of nitrogens with zero attached hydrogens (tertiary/aromatic N) is 1. The number of likely N-dealkylation sites (tertiary alicyclic amines) is 1. The molecule has 28 heavy (non-hydrogen) atoms. The zero-order chi connectivity index (χ0) is 21.1. The quantitative estimate of drug-likeness (QED) is 0.274. The van der Waals surface area contributed by atoms with Crippen molar-refractivity contribution in [3.05, 3.63) is 35.9 Å². The number of methoxy groups -OCH3 is 3. The molecule has 150 valence electrons. The van der Waals surface area contributed by atoms with E-state index in [-0.39, 0.29) is 6.42 Å². The number of ketones is 1. The van der Waals surface area contributed by atoms with Crippen molar-refractivity contribution in [2.45, 2.75) is 24.9 Å². The maximum Gasteiger partial charge on any atom is 0.345 e. The molecule has 0 N–H and O–H groups in total. The fourth-order valence-electron chi connectivity index (χ4n) is 3.51. The van der Waals surface area contributed by atoms with Gasteiger partial charge in [0.2, 0.25) is 5.91 Å². The number of rotatable bonds is 7. The predicted octanol–water partition coefficient (Wildman–Crippen LogP) is -0.0971. The summed E-state index contributed by atoms with van der Waals surface area (Å²) in [4.78, 5) is 63.4. The van der Waals surface area contributed by atoms with Gasteiger partial charge in [0.15, 0.2) is 0 Å². The zero-order valence-corrected chi connectivity index (χ0v) is 16.0. The van der Waals surface area contributed by atoms with E-state index in [1.54, 1.807) is 30.3 Å². The highest BCUT2D eigenvalue weighted by atomic mass is 16.6. The molecule has 1 aliphatic heterocycles. The van der Waals surface area contributed by atoms with Crippen molar-refractivity contribution in [1.29, 1.82) is 0 Å². The average molecular weight is 391 g/mol. The van der Waals surface area contributed by atoms with Crippen molar-refractivity contribution < 1.29 is 38.2 Å². The van der Waals surface area contributed by atoms with Gasteiger partial charge in [-0.2, -0.15) is 0 Å². The normalized spacial score (nSPS) is 18.5. The molecular formula is C19H21NO8. The molecule has 0 radical (unpaired) electrons. The summed E-state index contributed by atoms with van der Waals surface area (Å²) < 4.78 is 14.2. The molecule has 9 nitrogen and oxygen atoms in total. The Bertz CT molecular complexity index is 787. The Morgan fingerprint density at radius 1 is 1.00 bits per heavy atom. The summed E-state index contributed by atoms with van der Waals surface area (Å²) in [5, 5.41) is 0. The molecule has 1 aliphatic rings. The van der Waals surface area contributed by atoms with Gasteiger partial charge in [0.25, 0.3) is 5.54 Å². The average Bonchev–Trinajstić information content (AvgIpc) is 2.69. The van der Waals surface area contributed by atoms with Crippen LogP contribution < -0.4 is 0 Å². The number of ether oxygens (including phenoxy) is 3. The Balaban J connectivity index is 2.62. The van der Waals surface area contributed by atoms with Crippen LogP contribution in [0, 0.1) is 5.92 Å². The standard InChI is InChI=1S/C19H21NO8/c1-11(21)14-15(22)20(19(14,17(24)27-3)18(25)28-4)13(16(23)26-2)10-12-8-6-5-7-9-12/h5-9,13-14H,10H2,1-4H3. The lowest BCUT2D eigenvalue weighted by molar-refractivity contribution is -0.208. The van der Waals surface area contributed by atoms with Crippen molar-refractivity contribution >= 4 is 29.6 Å². The highest BCUT2D eigenvalue weighted by Gasteiger charge is 2.75. The molecule has 9 heteroatoms. The molecule has 0 aliphatic carbocycles. The molecule has 2 rings (SSSR count). The Morgan fingerprint density at radius 3 is 1.96 bits per heavy atom. The molecule has 0 aromatic heterocycles. The SMILES string of the molecule is COC(=O)C(Cc1ccccc1)N1C(=O)C(C(C)=O)C1(C(=O)OC)C(=O)OC. The number of Topliss-reactive ketones (excluding diaryl/α,β-unsaturated/α-hetero) is 1. The lowest BCUT2D eigenvalue weighted by Gasteiger charge is -2.53. The third-order valence-corrected chi connectivity index (χ3v) is 4.74. The molecule has 1 aromatic carbocycles. The minimum Gasteiger partial charge on any atom is -0.467 e. The highest BCUT2D eigenvalue weighted by molar-refractivity contribution is 6.24. The van der Waals surface area contributed by atoms with Gasteiger partial charge in [-0.3, -0.25) is 9.59 Å². The number of β-lactam (4-membered cyclic amide) rings is 1. The number of esters is 3. The summed E-state index contributed by atoms with van der Waals surface area (Å²) in [6.07, 6.45) is -0.0420. The van der Waals surface area contributed by atoms with Gasteiger partial charge >= 0.3 is 17.9 Å². The molecule has 2 unspecified atom stereocenters. The Morgan fingerprint density at radius 2 is 1.54 bits per heavy atom. The lowest BCUT2D eigenvalue weighted by Crippen LogP contribution is -2.83. The van der Waals surface area contributed by atoms with Gasteiger partial charge < -0.3 is 19.1 Å². The summed E-state index contributed by atoms with van der Waals surface area (Å²) >= 11 is 0. The van der Waals surface area contributed by atoms with Gasteiger partial charge in [0.05, 0.1) is 21.3 Å². The Labute approximate surface area is 161 Å². The van der Waals surface area contributed by atoms with Gasteiger partial charge in [-0.1, -0.05) is 30.3 Å². The molecule has 0 bridgehead atoms. The minimum atomic E-state index is -2.39. The van der Waals surface area contributed by atoms with E-state index in [4.69, 9.17) is 14.2 Å². The summed E-state index contributed by atoms with van der Waals surface area (Å²) in [5.41, 5.74) is -1.74. The van der Waals surface area contributed by atoms with Crippen LogP contribution in [-0.2, 0) is 44.6 Å². The molecule has 0 saturated carbocycles. The summed E-state index contributed by atoms with van der Waals surface area (Å²) in [7, 11) is 3.14. The Hall–Kier alpha value is -3.23. The predicted molar refractivity (Wildman–Crippen MR) is 93.7 cm³/mol. The molecule has 1 fully saturated rings. The minimum absolute atomic E-state index is 0.0420. The number of hydrogen-bond acceptors (Lipinski definition) is 8. The van der Waals surface area contributed by atoms with Crippen molar-refractivity contribution in [1.82, 2.24) is 4.90 Å². The Kier molecular flexibility index (Phi) is 6.17. The smallest absolute Gasteiger partial charge is 0.345 e. The second-order valence-corrected chi connectivity index (χ2v) is 6.23. The fraction of sp³-hybridized carbons (Fsp3) is 0.421. The van der Waals surface area contributed by atoms with Crippen LogP contribution in [0.25, 0.3) is 0 Å². The number of carbonyl (C=O) groups is 5. The van der Waals surface area contributed by atoms with Gasteiger partial charge in [-0.25, -0.2) is 14.4 Å². The van der Waals surface area contributed by atoms with Crippen molar-refractivity contribution in [3.63, 3.8) is 0 Å². The van der Waals surface area contributed by atoms with Crippen molar-refractivity contribution in [3.8, 4) is 0 Å². The van der Waals surface area contributed by atoms with E-state index in [2.05, 4.69) is 0 Å².